The van der Waals surface area contributed by atoms with E-state index in [0.717, 1.165) is 5.33 Å². The monoisotopic (exact) mass is 262 g/mol. The molecule has 0 aliphatic carbocycles. The summed E-state index contributed by atoms with van der Waals surface area (Å²) in [4.78, 5) is 0. The molecule has 0 N–H and O–H groups in total. The first-order valence-electron chi connectivity index (χ1n) is 5.89. The SMILES string of the molecule is CCC(C)(CCCBr)CCC(C)(C)C. The molecule has 0 saturated heterocycles. The summed E-state index contributed by atoms with van der Waals surface area (Å²) in [5.74, 6) is 0. The molecule has 0 bridgehead atoms. The second-order valence-corrected chi connectivity index (χ2v) is 6.81. The van der Waals surface area contributed by atoms with Gasteiger partial charge >= 0.3 is 0 Å². The third-order valence-electron chi connectivity index (χ3n) is 3.25. The molecule has 0 nitrogen and oxygen atoms in total. The predicted molar refractivity (Wildman–Crippen MR) is 70.1 cm³/mol. The average molecular weight is 263 g/mol. The molecule has 0 amide bonds. The molecule has 0 fully saturated rings. The number of hydrogen-bond donors (Lipinski definition) is 0. The Kier molecular flexibility index (Phi) is 6.36. The molecule has 0 aliphatic rings. The van der Waals surface area contributed by atoms with Gasteiger partial charge < -0.3 is 0 Å². The molecular weight excluding hydrogens is 236 g/mol. The molecule has 0 rings (SSSR count). The normalized spacial score (nSPS) is 16.7. The lowest BCUT2D eigenvalue weighted by atomic mass is 9.75. The lowest BCUT2D eigenvalue weighted by molar-refractivity contribution is 0.210. The topological polar surface area (TPSA) is 0 Å². The summed E-state index contributed by atoms with van der Waals surface area (Å²) in [6, 6.07) is 0. The van der Waals surface area contributed by atoms with E-state index >= 15 is 0 Å². The van der Waals surface area contributed by atoms with Gasteiger partial charge in [-0.1, -0.05) is 57.0 Å². The second-order valence-electron chi connectivity index (χ2n) is 6.02. The highest BCUT2D eigenvalue weighted by Crippen LogP contribution is 2.36. The van der Waals surface area contributed by atoms with Crippen molar-refractivity contribution in [2.75, 3.05) is 5.33 Å². The Morgan fingerprint density at radius 3 is 1.86 bits per heavy atom. The molecule has 1 atom stereocenters. The van der Waals surface area contributed by atoms with Crippen LogP contribution >= 0.6 is 15.9 Å². The van der Waals surface area contributed by atoms with Gasteiger partial charge in [-0.15, -0.1) is 0 Å². The molecule has 86 valence electrons. The van der Waals surface area contributed by atoms with Gasteiger partial charge in [-0.2, -0.15) is 0 Å². The average Bonchev–Trinajstić information content (AvgIpc) is 2.10. The summed E-state index contributed by atoms with van der Waals surface area (Å²) < 4.78 is 0. The van der Waals surface area contributed by atoms with E-state index in [-0.39, 0.29) is 0 Å². The van der Waals surface area contributed by atoms with E-state index in [1.54, 1.807) is 0 Å². The fraction of sp³-hybridized carbons (Fsp3) is 1.00. The largest absolute Gasteiger partial charge is 0.0928 e. The highest BCUT2D eigenvalue weighted by molar-refractivity contribution is 9.09. The Morgan fingerprint density at radius 1 is 0.929 bits per heavy atom. The van der Waals surface area contributed by atoms with Crippen molar-refractivity contribution in [1.82, 2.24) is 0 Å². The van der Waals surface area contributed by atoms with Crippen molar-refractivity contribution in [3.8, 4) is 0 Å². The molecule has 0 aliphatic heterocycles. The maximum absolute atomic E-state index is 3.52. The van der Waals surface area contributed by atoms with Gasteiger partial charge in [-0.05, 0) is 36.5 Å². The summed E-state index contributed by atoms with van der Waals surface area (Å²) in [7, 11) is 0. The molecule has 1 heteroatoms. The Bertz CT molecular complexity index is 146. The zero-order valence-corrected chi connectivity index (χ0v) is 12.2. The van der Waals surface area contributed by atoms with Gasteiger partial charge in [-0.3, -0.25) is 0 Å². The molecule has 0 aromatic carbocycles. The van der Waals surface area contributed by atoms with E-state index in [9.17, 15) is 0 Å². The molecule has 0 aromatic rings. The maximum atomic E-state index is 3.52. The molecule has 14 heavy (non-hydrogen) atoms. The van der Waals surface area contributed by atoms with Crippen molar-refractivity contribution in [2.24, 2.45) is 10.8 Å². The zero-order valence-electron chi connectivity index (χ0n) is 10.6. The fourth-order valence-corrected chi connectivity index (χ4v) is 1.93. The van der Waals surface area contributed by atoms with Gasteiger partial charge in [0.15, 0.2) is 0 Å². The molecule has 0 radical (unpaired) electrons. The van der Waals surface area contributed by atoms with Crippen LogP contribution in [0.5, 0.6) is 0 Å². The smallest absolute Gasteiger partial charge is 0.00315 e. The molecule has 0 aromatic heterocycles. The standard InChI is InChI=1S/C13H27Br/c1-6-13(5,8-7-11-14)10-9-12(2,3)4/h6-11H2,1-5H3. The maximum Gasteiger partial charge on any atom is 0.00315 e. The van der Waals surface area contributed by atoms with Crippen LogP contribution in [-0.2, 0) is 0 Å². The Morgan fingerprint density at radius 2 is 1.50 bits per heavy atom. The summed E-state index contributed by atoms with van der Waals surface area (Å²) in [5.41, 5.74) is 1.06. The first-order chi connectivity index (χ1) is 6.33. The predicted octanol–water partition coefficient (Wildman–Crippen LogP) is 5.40. The van der Waals surface area contributed by atoms with Crippen molar-refractivity contribution < 1.29 is 0 Å². The van der Waals surface area contributed by atoms with Crippen LogP contribution in [0.3, 0.4) is 0 Å². The number of hydrogen-bond acceptors (Lipinski definition) is 0. The molecule has 0 saturated carbocycles. The summed E-state index contributed by atoms with van der Waals surface area (Å²) in [5, 5.41) is 1.15. The summed E-state index contributed by atoms with van der Waals surface area (Å²) in [6.45, 7) is 11.8. The van der Waals surface area contributed by atoms with E-state index < -0.39 is 0 Å². The summed E-state index contributed by atoms with van der Waals surface area (Å²) in [6.07, 6.45) is 6.72. The van der Waals surface area contributed by atoms with Crippen molar-refractivity contribution >= 4 is 15.9 Å². The van der Waals surface area contributed by atoms with Crippen LogP contribution in [0.25, 0.3) is 0 Å². The molecule has 0 heterocycles. The minimum atomic E-state index is 0.491. The van der Waals surface area contributed by atoms with Crippen LogP contribution in [-0.4, -0.2) is 5.33 Å². The fourth-order valence-electron chi connectivity index (χ4n) is 1.65. The van der Waals surface area contributed by atoms with Crippen LogP contribution in [0.1, 0.15) is 66.7 Å². The van der Waals surface area contributed by atoms with E-state index in [1.807, 2.05) is 0 Å². The van der Waals surface area contributed by atoms with E-state index in [4.69, 9.17) is 0 Å². The van der Waals surface area contributed by atoms with Gasteiger partial charge in [-0.25, -0.2) is 0 Å². The number of rotatable bonds is 6. The van der Waals surface area contributed by atoms with E-state index in [1.165, 1.54) is 32.1 Å². The quantitative estimate of drug-likeness (QED) is 0.562. The molecule has 1 unspecified atom stereocenters. The lowest BCUT2D eigenvalue weighted by Crippen LogP contribution is -2.19. The number of halogens is 1. The van der Waals surface area contributed by atoms with Gasteiger partial charge in [0.05, 0.1) is 0 Å². The van der Waals surface area contributed by atoms with Crippen molar-refractivity contribution in [1.29, 1.82) is 0 Å². The second kappa shape index (κ2) is 6.15. The minimum Gasteiger partial charge on any atom is -0.0928 e. The minimum absolute atomic E-state index is 0.491. The lowest BCUT2D eigenvalue weighted by Gasteiger charge is -2.31. The number of alkyl halides is 1. The van der Waals surface area contributed by atoms with E-state index in [0.29, 0.717) is 10.8 Å². The first-order valence-corrected chi connectivity index (χ1v) is 7.01. The van der Waals surface area contributed by atoms with Gasteiger partial charge in [0.25, 0.3) is 0 Å². The highest BCUT2D eigenvalue weighted by Gasteiger charge is 2.23. The zero-order chi connectivity index (χ0) is 11.2. The Labute approximate surface area is 99.0 Å². The third-order valence-corrected chi connectivity index (χ3v) is 3.81. The van der Waals surface area contributed by atoms with Crippen molar-refractivity contribution in [3.05, 3.63) is 0 Å². The van der Waals surface area contributed by atoms with Crippen LogP contribution in [0.2, 0.25) is 0 Å². The first kappa shape index (κ1) is 14.5. The van der Waals surface area contributed by atoms with Crippen LogP contribution in [0.15, 0.2) is 0 Å². The van der Waals surface area contributed by atoms with Crippen molar-refractivity contribution in [2.45, 2.75) is 66.7 Å². The Balaban J connectivity index is 3.98. The molecule has 0 spiro atoms. The molecular formula is C13H27Br. The van der Waals surface area contributed by atoms with Crippen LogP contribution in [0, 0.1) is 10.8 Å². The van der Waals surface area contributed by atoms with Crippen molar-refractivity contribution in [3.63, 3.8) is 0 Å². The van der Waals surface area contributed by atoms with Gasteiger partial charge in [0.1, 0.15) is 0 Å². The van der Waals surface area contributed by atoms with Gasteiger partial charge in [0.2, 0.25) is 0 Å². The highest BCUT2D eigenvalue weighted by atomic mass is 79.9. The van der Waals surface area contributed by atoms with Crippen LogP contribution < -0.4 is 0 Å². The van der Waals surface area contributed by atoms with E-state index in [2.05, 4.69) is 50.5 Å². The Hall–Kier alpha value is 0.480. The summed E-state index contributed by atoms with van der Waals surface area (Å²) >= 11 is 3.52. The van der Waals surface area contributed by atoms with Gasteiger partial charge in [0, 0.05) is 5.33 Å². The third kappa shape index (κ3) is 6.86. The van der Waals surface area contributed by atoms with Crippen LogP contribution in [0.4, 0.5) is 0 Å².